The van der Waals surface area contributed by atoms with Gasteiger partial charge in [0.1, 0.15) is 6.10 Å². The zero-order valence-corrected chi connectivity index (χ0v) is 9.08. The summed E-state index contributed by atoms with van der Waals surface area (Å²) in [5.41, 5.74) is 7.03. The minimum Gasteiger partial charge on any atom is -0.454 e. The van der Waals surface area contributed by atoms with E-state index in [1.54, 1.807) is 0 Å². The number of esters is 1. The van der Waals surface area contributed by atoms with E-state index < -0.39 is 0 Å². The summed E-state index contributed by atoms with van der Waals surface area (Å²) in [6.07, 6.45) is 0.509. The molecule has 3 nitrogen and oxygen atoms in total. The SMILES string of the molecule is NCCC1OC(=O)c2c(Br)cccc21. The van der Waals surface area contributed by atoms with Gasteiger partial charge in [-0.05, 0) is 28.5 Å². The van der Waals surface area contributed by atoms with Gasteiger partial charge >= 0.3 is 5.97 Å². The fourth-order valence-corrected chi connectivity index (χ4v) is 2.19. The van der Waals surface area contributed by atoms with Gasteiger partial charge in [0.25, 0.3) is 0 Å². The summed E-state index contributed by atoms with van der Waals surface area (Å²) in [6.45, 7) is 0.518. The van der Waals surface area contributed by atoms with E-state index in [0.717, 1.165) is 10.0 Å². The van der Waals surface area contributed by atoms with Crippen LogP contribution in [0.1, 0.15) is 28.4 Å². The van der Waals surface area contributed by atoms with Crippen molar-refractivity contribution < 1.29 is 9.53 Å². The van der Waals surface area contributed by atoms with E-state index in [1.165, 1.54) is 0 Å². The summed E-state index contributed by atoms with van der Waals surface area (Å²) >= 11 is 3.33. The molecule has 1 aliphatic heterocycles. The molecule has 2 rings (SSSR count). The minimum atomic E-state index is -0.258. The molecular weight excluding hydrogens is 246 g/mol. The van der Waals surface area contributed by atoms with Crippen molar-refractivity contribution in [2.75, 3.05) is 6.54 Å². The van der Waals surface area contributed by atoms with E-state index >= 15 is 0 Å². The van der Waals surface area contributed by atoms with Crippen molar-refractivity contribution in [3.05, 3.63) is 33.8 Å². The molecule has 1 atom stereocenters. The van der Waals surface area contributed by atoms with E-state index in [0.29, 0.717) is 18.5 Å². The van der Waals surface area contributed by atoms with E-state index in [9.17, 15) is 4.79 Å². The lowest BCUT2D eigenvalue weighted by Gasteiger charge is -2.07. The number of halogens is 1. The highest BCUT2D eigenvalue weighted by Gasteiger charge is 2.31. The molecular formula is C10H10BrNO2. The van der Waals surface area contributed by atoms with Crippen molar-refractivity contribution in [1.82, 2.24) is 0 Å². The third-order valence-corrected chi connectivity index (χ3v) is 2.94. The van der Waals surface area contributed by atoms with Crippen LogP contribution in [0.3, 0.4) is 0 Å². The number of rotatable bonds is 2. The number of carbonyl (C=O) groups excluding carboxylic acids is 1. The summed E-state index contributed by atoms with van der Waals surface area (Å²) in [5.74, 6) is -0.258. The topological polar surface area (TPSA) is 52.3 Å². The van der Waals surface area contributed by atoms with Crippen molar-refractivity contribution in [3.8, 4) is 0 Å². The van der Waals surface area contributed by atoms with Crippen LogP contribution >= 0.6 is 15.9 Å². The van der Waals surface area contributed by atoms with Gasteiger partial charge in [0.05, 0.1) is 5.56 Å². The van der Waals surface area contributed by atoms with Crippen LogP contribution in [0, 0.1) is 0 Å². The Morgan fingerprint density at radius 1 is 1.50 bits per heavy atom. The third kappa shape index (κ3) is 1.44. The molecule has 0 saturated carbocycles. The number of fused-ring (bicyclic) bond motifs is 1. The number of hydrogen-bond acceptors (Lipinski definition) is 3. The summed E-state index contributed by atoms with van der Waals surface area (Å²) < 4.78 is 6.00. The van der Waals surface area contributed by atoms with Gasteiger partial charge < -0.3 is 10.5 Å². The van der Waals surface area contributed by atoms with Crippen LogP contribution in [-0.2, 0) is 4.74 Å². The maximum Gasteiger partial charge on any atom is 0.340 e. The molecule has 0 amide bonds. The number of carbonyl (C=O) groups is 1. The summed E-state index contributed by atoms with van der Waals surface area (Å²) in [5, 5.41) is 0. The van der Waals surface area contributed by atoms with Crippen LogP contribution in [0.4, 0.5) is 0 Å². The molecule has 74 valence electrons. The van der Waals surface area contributed by atoms with Crippen LogP contribution in [0.25, 0.3) is 0 Å². The van der Waals surface area contributed by atoms with Gasteiger partial charge in [0, 0.05) is 16.5 Å². The second-order valence-electron chi connectivity index (χ2n) is 3.18. The number of hydrogen-bond donors (Lipinski definition) is 1. The molecule has 0 aromatic heterocycles. The first kappa shape index (κ1) is 9.68. The van der Waals surface area contributed by atoms with Crippen molar-refractivity contribution in [2.45, 2.75) is 12.5 Å². The number of nitrogens with two attached hydrogens (primary N) is 1. The lowest BCUT2D eigenvalue weighted by Crippen LogP contribution is -2.06. The highest BCUT2D eigenvalue weighted by Crippen LogP contribution is 2.36. The molecule has 1 aliphatic rings. The first-order valence-electron chi connectivity index (χ1n) is 4.43. The van der Waals surface area contributed by atoms with Crippen LogP contribution in [0.15, 0.2) is 22.7 Å². The molecule has 2 N–H and O–H groups in total. The molecule has 0 saturated heterocycles. The van der Waals surface area contributed by atoms with Crippen LogP contribution in [0.2, 0.25) is 0 Å². The van der Waals surface area contributed by atoms with Crippen LogP contribution in [0.5, 0.6) is 0 Å². The van der Waals surface area contributed by atoms with Gasteiger partial charge in [-0.3, -0.25) is 0 Å². The Bertz CT molecular complexity index is 378. The predicted molar refractivity (Wildman–Crippen MR) is 56.0 cm³/mol. The van der Waals surface area contributed by atoms with Gasteiger partial charge in [-0.25, -0.2) is 4.79 Å². The average molecular weight is 256 g/mol. The zero-order valence-electron chi connectivity index (χ0n) is 7.50. The molecule has 0 fully saturated rings. The monoisotopic (exact) mass is 255 g/mol. The lowest BCUT2D eigenvalue weighted by molar-refractivity contribution is 0.0373. The predicted octanol–water partition coefficient (Wildman–Crippen LogP) is 2.01. The molecule has 1 aromatic rings. The van der Waals surface area contributed by atoms with Gasteiger partial charge in [0.2, 0.25) is 0 Å². The summed E-state index contributed by atoms with van der Waals surface area (Å²) in [6, 6.07) is 5.64. The van der Waals surface area contributed by atoms with E-state index in [4.69, 9.17) is 10.5 Å². The van der Waals surface area contributed by atoms with Gasteiger partial charge in [0.15, 0.2) is 0 Å². The number of cyclic esters (lactones) is 1. The Labute approximate surface area is 90.4 Å². The molecule has 0 radical (unpaired) electrons. The molecule has 1 heterocycles. The number of ether oxygens (including phenoxy) is 1. The first-order chi connectivity index (χ1) is 6.74. The fraction of sp³-hybridized carbons (Fsp3) is 0.300. The molecule has 0 aliphatic carbocycles. The maximum absolute atomic E-state index is 11.5. The van der Waals surface area contributed by atoms with Crippen LogP contribution in [-0.4, -0.2) is 12.5 Å². The normalized spacial score (nSPS) is 19.3. The summed E-state index contributed by atoms with van der Waals surface area (Å²) in [7, 11) is 0. The molecule has 0 bridgehead atoms. The second-order valence-corrected chi connectivity index (χ2v) is 4.03. The third-order valence-electron chi connectivity index (χ3n) is 2.27. The molecule has 4 heteroatoms. The minimum absolute atomic E-state index is 0.167. The first-order valence-corrected chi connectivity index (χ1v) is 5.23. The molecule has 14 heavy (non-hydrogen) atoms. The zero-order chi connectivity index (χ0) is 10.1. The number of benzene rings is 1. The second kappa shape index (κ2) is 3.71. The molecule has 0 spiro atoms. The average Bonchev–Trinajstić information content (AvgIpc) is 2.46. The quantitative estimate of drug-likeness (QED) is 0.823. The fourth-order valence-electron chi connectivity index (χ4n) is 1.64. The Balaban J connectivity index is 2.44. The van der Waals surface area contributed by atoms with Crippen LogP contribution < -0.4 is 5.73 Å². The van der Waals surface area contributed by atoms with Crippen molar-refractivity contribution in [1.29, 1.82) is 0 Å². The highest BCUT2D eigenvalue weighted by molar-refractivity contribution is 9.10. The van der Waals surface area contributed by atoms with Crippen molar-refractivity contribution in [2.24, 2.45) is 5.73 Å². The van der Waals surface area contributed by atoms with E-state index in [-0.39, 0.29) is 12.1 Å². The highest BCUT2D eigenvalue weighted by atomic mass is 79.9. The standard InChI is InChI=1S/C10H10BrNO2/c11-7-3-1-2-6-8(4-5-12)14-10(13)9(6)7/h1-3,8H,4-5,12H2. The largest absolute Gasteiger partial charge is 0.454 e. The Hall–Kier alpha value is -0.870. The lowest BCUT2D eigenvalue weighted by atomic mass is 10.0. The van der Waals surface area contributed by atoms with Gasteiger partial charge in [-0.1, -0.05) is 12.1 Å². The molecule has 1 unspecified atom stereocenters. The van der Waals surface area contributed by atoms with Crippen molar-refractivity contribution in [3.63, 3.8) is 0 Å². The maximum atomic E-state index is 11.5. The van der Waals surface area contributed by atoms with Gasteiger partial charge in [-0.15, -0.1) is 0 Å². The van der Waals surface area contributed by atoms with Gasteiger partial charge in [-0.2, -0.15) is 0 Å². The van der Waals surface area contributed by atoms with E-state index in [1.807, 2.05) is 18.2 Å². The van der Waals surface area contributed by atoms with E-state index in [2.05, 4.69) is 15.9 Å². The van der Waals surface area contributed by atoms with Crippen molar-refractivity contribution >= 4 is 21.9 Å². The Morgan fingerprint density at radius 3 is 3.00 bits per heavy atom. The Morgan fingerprint density at radius 2 is 2.29 bits per heavy atom. The summed E-state index contributed by atoms with van der Waals surface area (Å²) in [4.78, 5) is 11.5. The molecule has 1 aromatic carbocycles. The smallest absolute Gasteiger partial charge is 0.340 e. The Kier molecular flexibility index (Phi) is 2.56.